The fourth-order valence-corrected chi connectivity index (χ4v) is 1.64. The second kappa shape index (κ2) is 5.69. The van der Waals surface area contributed by atoms with Gasteiger partial charge in [0.2, 0.25) is 0 Å². The minimum atomic E-state index is -1.27. The van der Waals surface area contributed by atoms with E-state index in [1.165, 1.54) is 24.9 Å². The van der Waals surface area contributed by atoms with E-state index in [0.717, 1.165) is 5.69 Å². The Morgan fingerprint density at radius 2 is 2.05 bits per heavy atom. The van der Waals surface area contributed by atoms with Crippen molar-refractivity contribution in [3.05, 3.63) is 24.0 Å². The highest BCUT2D eigenvalue weighted by Gasteiger charge is 2.36. The van der Waals surface area contributed by atoms with Crippen LogP contribution in [0.1, 0.15) is 26.5 Å². The van der Waals surface area contributed by atoms with Crippen molar-refractivity contribution in [2.45, 2.75) is 33.2 Å². The zero-order valence-corrected chi connectivity index (χ0v) is 11.6. The van der Waals surface area contributed by atoms with E-state index in [1.54, 1.807) is 19.1 Å². The highest BCUT2D eigenvalue weighted by Crippen LogP contribution is 2.16. The third-order valence-electron chi connectivity index (χ3n) is 2.92. The van der Waals surface area contributed by atoms with Gasteiger partial charge in [0, 0.05) is 12.2 Å². The number of hydrogen-bond acceptors (Lipinski definition) is 3. The number of amides is 2. The minimum absolute atomic E-state index is 0.296. The Kier molecular flexibility index (Phi) is 4.47. The van der Waals surface area contributed by atoms with E-state index < -0.39 is 17.5 Å². The average molecular weight is 265 g/mol. The summed E-state index contributed by atoms with van der Waals surface area (Å²) < 4.78 is 0. The summed E-state index contributed by atoms with van der Waals surface area (Å²) in [6, 6.07) is 3.04. The normalized spacial score (nSPS) is 10.9. The van der Waals surface area contributed by atoms with Crippen molar-refractivity contribution >= 4 is 17.7 Å². The lowest BCUT2D eigenvalue weighted by Crippen LogP contribution is -2.54. The minimum Gasteiger partial charge on any atom is -0.480 e. The van der Waals surface area contributed by atoms with Gasteiger partial charge in [-0.2, -0.15) is 0 Å². The molecule has 2 amide bonds. The molecule has 0 saturated carbocycles. The quantitative estimate of drug-likeness (QED) is 0.873. The predicted octanol–water partition coefficient (Wildman–Crippen LogP) is 2.11. The van der Waals surface area contributed by atoms with Gasteiger partial charge in [0.05, 0.1) is 11.9 Å². The predicted molar refractivity (Wildman–Crippen MR) is 72.1 cm³/mol. The lowest BCUT2D eigenvalue weighted by Gasteiger charge is -2.34. The second-order valence-corrected chi connectivity index (χ2v) is 4.73. The number of nitrogens with zero attached hydrogens (tertiary/aromatic N) is 2. The van der Waals surface area contributed by atoms with Gasteiger partial charge in [0.15, 0.2) is 0 Å². The van der Waals surface area contributed by atoms with Gasteiger partial charge < -0.3 is 15.3 Å². The van der Waals surface area contributed by atoms with E-state index >= 15 is 0 Å². The van der Waals surface area contributed by atoms with Crippen molar-refractivity contribution in [3.63, 3.8) is 0 Å². The maximum Gasteiger partial charge on any atom is 0.329 e. The molecular formula is C13H19N3O3. The van der Waals surface area contributed by atoms with Crippen LogP contribution in [0.15, 0.2) is 18.3 Å². The van der Waals surface area contributed by atoms with Crippen molar-refractivity contribution in [2.75, 3.05) is 11.9 Å². The zero-order valence-electron chi connectivity index (χ0n) is 11.6. The van der Waals surface area contributed by atoms with Crippen LogP contribution < -0.4 is 5.32 Å². The Morgan fingerprint density at radius 1 is 1.42 bits per heavy atom. The van der Waals surface area contributed by atoms with Gasteiger partial charge in [-0.3, -0.25) is 4.98 Å². The van der Waals surface area contributed by atoms with Crippen LogP contribution in [-0.4, -0.2) is 39.1 Å². The van der Waals surface area contributed by atoms with E-state index in [0.29, 0.717) is 12.2 Å². The lowest BCUT2D eigenvalue weighted by molar-refractivity contribution is -0.147. The molecule has 6 heteroatoms. The number of nitrogens with one attached hydrogen (secondary N) is 1. The van der Waals surface area contributed by atoms with Crippen LogP contribution in [0.5, 0.6) is 0 Å². The summed E-state index contributed by atoms with van der Waals surface area (Å²) in [5.41, 5.74) is 0.114. The molecule has 104 valence electrons. The number of aryl methyl sites for hydroxylation is 1. The van der Waals surface area contributed by atoms with Crippen molar-refractivity contribution < 1.29 is 14.7 Å². The average Bonchev–Trinajstić information content (AvgIpc) is 2.32. The molecule has 6 nitrogen and oxygen atoms in total. The number of urea groups is 1. The molecule has 0 aliphatic carbocycles. The van der Waals surface area contributed by atoms with Crippen LogP contribution in [0.4, 0.5) is 10.5 Å². The summed E-state index contributed by atoms with van der Waals surface area (Å²) >= 11 is 0. The van der Waals surface area contributed by atoms with Gasteiger partial charge in [-0.15, -0.1) is 0 Å². The molecule has 0 unspecified atom stereocenters. The standard InChI is InChI=1S/C13H19N3O3/c1-5-16(13(3,4)11(17)18)12(19)15-10-7-6-9(2)14-8-10/h6-8H,5H2,1-4H3,(H,15,19)(H,17,18). The topological polar surface area (TPSA) is 82.5 Å². The molecule has 1 rings (SSSR count). The number of carbonyl (C=O) groups excluding carboxylic acids is 1. The highest BCUT2D eigenvalue weighted by atomic mass is 16.4. The Labute approximate surface area is 112 Å². The van der Waals surface area contributed by atoms with Crippen LogP contribution >= 0.6 is 0 Å². The third kappa shape index (κ3) is 3.43. The number of carbonyl (C=O) groups is 2. The van der Waals surface area contributed by atoms with Gasteiger partial charge in [-0.25, -0.2) is 9.59 Å². The number of carboxylic acids is 1. The van der Waals surface area contributed by atoms with E-state index in [1.807, 2.05) is 6.92 Å². The summed E-state index contributed by atoms with van der Waals surface area (Å²) in [5, 5.41) is 11.8. The molecule has 0 saturated heterocycles. The number of rotatable bonds is 4. The maximum atomic E-state index is 12.1. The number of likely N-dealkylation sites (N-methyl/N-ethyl adjacent to an activating group) is 1. The molecule has 0 radical (unpaired) electrons. The van der Waals surface area contributed by atoms with Gasteiger partial charge in [-0.05, 0) is 39.8 Å². The number of aliphatic carboxylic acids is 1. The first-order valence-electron chi connectivity index (χ1n) is 6.03. The van der Waals surface area contributed by atoms with E-state index in [9.17, 15) is 9.59 Å². The smallest absolute Gasteiger partial charge is 0.329 e. The Bertz CT molecular complexity index is 469. The van der Waals surface area contributed by atoms with Gasteiger partial charge in [-0.1, -0.05) is 0 Å². The molecule has 0 atom stereocenters. The molecular weight excluding hydrogens is 246 g/mol. The molecule has 1 aromatic heterocycles. The van der Waals surface area contributed by atoms with Crippen molar-refractivity contribution in [3.8, 4) is 0 Å². The second-order valence-electron chi connectivity index (χ2n) is 4.73. The van der Waals surface area contributed by atoms with E-state index in [4.69, 9.17) is 5.11 Å². The van der Waals surface area contributed by atoms with Crippen LogP contribution in [0.3, 0.4) is 0 Å². The molecule has 2 N–H and O–H groups in total. The van der Waals surface area contributed by atoms with Crippen molar-refractivity contribution in [1.29, 1.82) is 0 Å². The molecule has 1 heterocycles. The van der Waals surface area contributed by atoms with E-state index in [2.05, 4.69) is 10.3 Å². The van der Waals surface area contributed by atoms with Crippen LogP contribution in [0, 0.1) is 6.92 Å². The fourth-order valence-electron chi connectivity index (χ4n) is 1.64. The first-order chi connectivity index (χ1) is 8.78. The molecule has 0 fully saturated rings. The van der Waals surface area contributed by atoms with Gasteiger partial charge in [0.1, 0.15) is 5.54 Å². The monoisotopic (exact) mass is 265 g/mol. The van der Waals surface area contributed by atoms with Crippen LogP contribution in [0.25, 0.3) is 0 Å². The van der Waals surface area contributed by atoms with Crippen LogP contribution in [0.2, 0.25) is 0 Å². The summed E-state index contributed by atoms with van der Waals surface area (Å²) in [5.74, 6) is -1.05. The molecule has 0 bridgehead atoms. The zero-order chi connectivity index (χ0) is 14.6. The van der Waals surface area contributed by atoms with Crippen LogP contribution in [-0.2, 0) is 4.79 Å². The number of hydrogen-bond donors (Lipinski definition) is 2. The molecule has 0 aromatic carbocycles. The van der Waals surface area contributed by atoms with Crippen molar-refractivity contribution in [2.24, 2.45) is 0 Å². The summed E-state index contributed by atoms with van der Waals surface area (Å²) in [7, 11) is 0. The fraction of sp³-hybridized carbons (Fsp3) is 0.462. The molecule has 19 heavy (non-hydrogen) atoms. The first kappa shape index (κ1) is 14.9. The highest BCUT2D eigenvalue weighted by molar-refractivity contribution is 5.93. The number of aromatic nitrogens is 1. The molecule has 0 aliphatic heterocycles. The largest absolute Gasteiger partial charge is 0.480 e. The SMILES string of the molecule is CCN(C(=O)Nc1ccc(C)nc1)C(C)(C)C(=O)O. The number of anilines is 1. The molecule has 0 aliphatic rings. The first-order valence-corrected chi connectivity index (χ1v) is 6.03. The van der Waals surface area contributed by atoms with Gasteiger partial charge in [0.25, 0.3) is 0 Å². The number of carboxylic acid groups (broad SMARTS) is 1. The third-order valence-corrected chi connectivity index (χ3v) is 2.92. The maximum absolute atomic E-state index is 12.1. The van der Waals surface area contributed by atoms with Gasteiger partial charge >= 0.3 is 12.0 Å². The summed E-state index contributed by atoms with van der Waals surface area (Å²) in [6.07, 6.45) is 1.54. The lowest BCUT2D eigenvalue weighted by atomic mass is 10.0. The van der Waals surface area contributed by atoms with E-state index in [-0.39, 0.29) is 0 Å². The Morgan fingerprint density at radius 3 is 2.47 bits per heavy atom. The summed E-state index contributed by atoms with van der Waals surface area (Å²) in [6.45, 7) is 6.86. The molecule has 1 aromatic rings. The van der Waals surface area contributed by atoms with Crippen molar-refractivity contribution in [1.82, 2.24) is 9.88 Å². The number of pyridine rings is 1. The Balaban J connectivity index is 2.86. The molecule has 0 spiro atoms. The Hall–Kier alpha value is -2.11. The summed E-state index contributed by atoms with van der Waals surface area (Å²) in [4.78, 5) is 28.6.